The number of carboxylic acids is 1. The zero-order valence-electron chi connectivity index (χ0n) is 11.4. The molecule has 1 aliphatic rings. The van der Waals surface area contributed by atoms with Crippen LogP contribution in [0.5, 0.6) is 0 Å². The van der Waals surface area contributed by atoms with Crippen LogP contribution in [0.4, 0.5) is 0 Å². The summed E-state index contributed by atoms with van der Waals surface area (Å²) in [5.41, 5.74) is 0.503. The van der Waals surface area contributed by atoms with Crippen LogP contribution < -0.4 is 0 Å². The lowest BCUT2D eigenvalue weighted by Crippen LogP contribution is -2.47. The van der Waals surface area contributed by atoms with Gasteiger partial charge < -0.3 is 9.84 Å². The van der Waals surface area contributed by atoms with Gasteiger partial charge in [0.05, 0.1) is 23.7 Å². The molecule has 110 valence electrons. The highest BCUT2D eigenvalue weighted by molar-refractivity contribution is 7.89. The fourth-order valence-corrected chi connectivity index (χ4v) is 4.06. The molecule has 0 unspecified atom stereocenters. The largest absolute Gasteiger partial charge is 0.478 e. The molecule has 1 fully saturated rings. The molecular formula is C13H17NO5S. The van der Waals surface area contributed by atoms with Crippen LogP contribution in [-0.2, 0) is 14.8 Å². The molecule has 1 saturated heterocycles. The summed E-state index contributed by atoms with van der Waals surface area (Å²) in [5, 5.41) is 9.00. The third kappa shape index (κ3) is 2.70. The standard InChI is InChI=1S/C13H17NO5S/c1-9-3-4-11(13(15)16)7-12(9)20(17,18)14-5-6-19-8-10(14)2/h3-4,7,10H,5-6,8H2,1-2H3,(H,15,16)/t10-/m1/s1. The summed E-state index contributed by atoms with van der Waals surface area (Å²) in [7, 11) is -3.71. The third-order valence-corrected chi connectivity index (χ3v) is 5.48. The number of morpholine rings is 1. The Kier molecular flexibility index (Phi) is 4.12. The number of hydrogen-bond donors (Lipinski definition) is 1. The number of ether oxygens (including phenoxy) is 1. The van der Waals surface area contributed by atoms with E-state index in [0.717, 1.165) is 0 Å². The van der Waals surface area contributed by atoms with Crippen molar-refractivity contribution in [2.45, 2.75) is 24.8 Å². The Labute approximate surface area is 118 Å². The average molecular weight is 299 g/mol. The van der Waals surface area contributed by atoms with E-state index in [1.807, 2.05) is 0 Å². The summed E-state index contributed by atoms with van der Waals surface area (Å²) in [6.45, 7) is 4.40. The smallest absolute Gasteiger partial charge is 0.335 e. The van der Waals surface area contributed by atoms with E-state index in [1.54, 1.807) is 13.8 Å². The molecule has 1 atom stereocenters. The maximum absolute atomic E-state index is 12.7. The topological polar surface area (TPSA) is 83.9 Å². The maximum Gasteiger partial charge on any atom is 0.335 e. The molecule has 0 saturated carbocycles. The van der Waals surface area contributed by atoms with Gasteiger partial charge in [-0.1, -0.05) is 6.07 Å². The Morgan fingerprint density at radius 3 is 2.75 bits per heavy atom. The Morgan fingerprint density at radius 1 is 1.45 bits per heavy atom. The molecule has 1 aliphatic heterocycles. The summed E-state index contributed by atoms with van der Waals surface area (Å²) >= 11 is 0. The number of rotatable bonds is 3. The molecule has 2 rings (SSSR count). The van der Waals surface area contributed by atoms with Crippen LogP contribution in [-0.4, -0.2) is 49.6 Å². The summed E-state index contributed by atoms with van der Waals surface area (Å²) in [6, 6.07) is 3.87. The molecule has 1 heterocycles. The van der Waals surface area contributed by atoms with Gasteiger partial charge in [0.25, 0.3) is 0 Å². The normalized spacial score (nSPS) is 20.8. The highest BCUT2D eigenvalue weighted by atomic mass is 32.2. The number of hydrogen-bond acceptors (Lipinski definition) is 4. The molecule has 0 aromatic heterocycles. The number of benzene rings is 1. The fourth-order valence-electron chi connectivity index (χ4n) is 2.21. The van der Waals surface area contributed by atoms with E-state index in [2.05, 4.69) is 0 Å². The summed E-state index contributed by atoms with van der Waals surface area (Å²) < 4.78 is 31.9. The van der Waals surface area contributed by atoms with Crippen molar-refractivity contribution in [3.05, 3.63) is 29.3 Å². The van der Waals surface area contributed by atoms with Crippen LogP contribution in [0.2, 0.25) is 0 Å². The van der Waals surface area contributed by atoms with Crippen LogP contribution in [0.15, 0.2) is 23.1 Å². The Balaban J connectivity index is 2.48. The van der Waals surface area contributed by atoms with E-state index >= 15 is 0 Å². The summed E-state index contributed by atoms with van der Waals surface area (Å²) in [6.07, 6.45) is 0. The molecule has 7 heteroatoms. The number of carboxylic acid groups (broad SMARTS) is 1. The van der Waals surface area contributed by atoms with E-state index in [-0.39, 0.29) is 23.0 Å². The SMILES string of the molecule is Cc1ccc(C(=O)O)cc1S(=O)(=O)N1CCOC[C@H]1C. The zero-order chi connectivity index (χ0) is 14.9. The predicted octanol–water partition coefficient (Wildman–Crippen LogP) is 1.10. The van der Waals surface area contributed by atoms with Gasteiger partial charge in [0.2, 0.25) is 10.0 Å². The Bertz CT molecular complexity index is 626. The molecule has 0 amide bonds. The lowest BCUT2D eigenvalue weighted by molar-refractivity contribution is 0.0392. The molecule has 0 radical (unpaired) electrons. The average Bonchev–Trinajstić information content (AvgIpc) is 2.39. The molecule has 0 bridgehead atoms. The van der Waals surface area contributed by atoms with Gasteiger partial charge in [-0.2, -0.15) is 4.31 Å². The molecule has 6 nitrogen and oxygen atoms in total. The molecule has 1 aromatic carbocycles. The van der Waals surface area contributed by atoms with Crippen molar-refractivity contribution in [2.24, 2.45) is 0 Å². The first kappa shape index (κ1) is 15.0. The Morgan fingerprint density at radius 2 is 2.15 bits per heavy atom. The van der Waals surface area contributed by atoms with Crippen LogP contribution in [0.1, 0.15) is 22.8 Å². The fraction of sp³-hybridized carbons (Fsp3) is 0.462. The van der Waals surface area contributed by atoms with E-state index < -0.39 is 16.0 Å². The third-order valence-electron chi connectivity index (χ3n) is 3.33. The Hall–Kier alpha value is -1.44. The molecule has 1 N–H and O–H groups in total. The van der Waals surface area contributed by atoms with Crippen molar-refractivity contribution >= 4 is 16.0 Å². The van der Waals surface area contributed by atoms with Gasteiger partial charge in [-0.05, 0) is 31.5 Å². The van der Waals surface area contributed by atoms with E-state index in [0.29, 0.717) is 18.8 Å². The number of carbonyl (C=O) groups is 1. The summed E-state index contributed by atoms with van der Waals surface area (Å²) in [5.74, 6) is -1.14. The number of nitrogens with zero attached hydrogens (tertiary/aromatic N) is 1. The quantitative estimate of drug-likeness (QED) is 0.903. The van der Waals surface area contributed by atoms with Crippen LogP contribution in [0, 0.1) is 6.92 Å². The first-order valence-electron chi connectivity index (χ1n) is 6.27. The van der Waals surface area contributed by atoms with E-state index in [1.165, 1.54) is 22.5 Å². The lowest BCUT2D eigenvalue weighted by atomic mass is 10.1. The monoisotopic (exact) mass is 299 g/mol. The minimum atomic E-state index is -3.71. The van der Waals surface area contributed by atoms with Gasteiger partial charge in [-0.3, -0.25) is 0 Å². The van der Waals surface area contributed by atoms with Crippen LogP contribution in [0.25, 0.3) is 0 Å². The number of aromatic carboxylic acids is 1. The van der Waals surface area contributed by atoms with Gasteiger partial charge in [0, 0.05) is 12.6 Å². The molecule has 0 spiro atoms. The highest BCUT2D eigenvalue weighted by Crippen LogP contribution is 2.24. The van der Waals surface area contributed by atoms with Crippen molar-refractivity contribution in [1.82, 2.24) is 4.31 Å². The summed E-state index contributed by atoms with van der Waals surface area (Å²) in [4.78, 5) is 11.1. The lowest BCUT2D eigenvalue weighted by Gasteiger charge is -2.32. The van der Waals surface area contributed by atoms with Crippen molar-refractivity contribution < 1.29 is 23.1 Å². The van der Waals surface area contributed by atoms with Gasteiger partial charge in [-0.15, -0.1) is 0 Å². The van der Waals surface area contributed by atoms with Gasteiger partial charge in [0.15, 0.2) is 0 Å². The zero-order valence-corrected chi connectivity index (χ0v) is 12.2. The van der Waals surface area contributed by atoms with Crippen molar-refractivity contribution in [3.8, 4) is 0 Å². The maximum atomic E-state index is 12.7. The minimum Gasteiger partial charge on any atom is -0.478 e. The van der Waals surface area contributed by atoms with Crippen molar-refractivity contribution in [2.75, 3.05) is 19.8 Å². The highest BCUT2D eigenvalue weighted by Gasteiger charge is 2.32. The predicted molar refractivity (Wildman–Crippen MR) is 72.3 cm³/mol. The number of sulfonamides is 1. The second-order valence-corrected chi connectivity index (χ2v) is 6.68. The van der Waals surface area contributed by atoms with E-state index in [4.69, 9.17) is 9.84 Å². The van der Waals surface area contributed by atoms with E-state index in [9.17, 15) is 13.2 Å². The van der Waals surface area contributed by atoms with Crippen LogP contribution in [0.3, 0.4) is 0 Å². The minimum absolute atomic E-state index is 0.0323. The number of aryl methyl sites for hydroxylation is 1. The first-order chi connectivity index (χ1) is 9.34. The molecular weight excluding hydrogens is 282 g/mol. The molecule has 1 aromatic rings. The second kappa shape index (κ2) is 5.51. The van der Waals surface area contributed by atoms with Crippen molar-refractivity contribution in [1.29, 1.82) is 0 Å². The molecule has 0 aliphatic carbocycles. The van der Waals surface area contributed by atoms with Gasteiger partial charge >= 0.3 is 5.97 Å². The first-order valence-corrected chi connectivity index (χ1v) is 7.71. The second-order valence-electron chi connectivity index (χ2n) is 4.83. The van der Waals surface area contributed by atoms with Gasteiger partial charge in [0.1, 0.15) is 0 Å². The van der Waals surface area contributed by atoms with Gasteiger partial charge in [-0.25, -0.2) is 13.2 Å². The molecule has 20 heavy (non-hydrogen) atoms. The van der Waals surface area contributed by atoms with Crippen LogP contribution >= 0.6 is 0 Å². The van der Waals surface area contributed by atoms with Crippen molar-refractivity contribution in [3.63, 3.8) is 0 Å².